The third kappa shape index (κ3) is 3.02. The summed E-state index contributed by atoms with van der Waals surface area (Å²) in [5.41, 5.74) is 2.29. The third-order valence-electron chi connectivity index (χ3n) is 4.69. The summed E-state index contributed by atoms with van der Waals surface area (Å²) < 4.78 is 10.7. The van der Waals surface area contributed by atoms with E-state index in [4.69, 9.17) is 9.47 Å². The van der Waals surface area contributed by atoms with Gasteiger partial charge in [-0.1, -0.05) is 42.1 Å². The molecule has 6 heteroatoms. The molecule has 140 valence electrons. The lowest BCUT2D eigenvalue weighted by Gasteiger charge is -2.30. The fourth-order valence-corrected chi connectivity index (χ4v) is 4.41. The van der Waals surface area contributed by atoms with Crippen LogP contribution in [0.4, 0.5) is 11.4 Å². The van der Waals surface area contributed by atoms with E-state index >= 15 is 0 Å². The molecule has 0 bridgehead atoms. The summed E-state index contributed by atoms with van der Waals surface area (Å²) in [4.78, 5) is 17.0. The number of nitriles is 1. The van der Waals surface area contributed by atoms with Crippen molar-refractivity contribution in [3.63, 3.8) is 0 Å². The van der Waals surface area contributed by atoms with Crippen molar-refractivity contribution in [1.82, 2.24) is 0 Å². The molecule has 0 aromatic heterocycles. The van der Waals surface area contributed by atoms with Crippen LogP contribution in [-0.4, -0.2) is 12.7 Å². The van der Waals surface area contributed by atoms with Crippen LogP contribution in [0.5, 0.6) is 11.5 Å². The van der Waals surface area contributed by atoms with Crippen molar-refractivity contribution in [3.05, 3.63) is 77.9 Å². The van der Waals surface area contributed by atoms with Gasteiger partial charge in [0, 0.05) is 9.79 Å². The van der Waals surface area contributed by atoms with Crippen LogP contribution in [0.3, 0.4) is 0 Å². The molecule has 0 N–H and O–H groups in total. The summed E-state index contributed by atoms with van der Waals surface area (Å²) in [6, 6.07) is 22.8. The molecule has 0 spiro atoms. The van der Waals surface area contributed by atoms with Crippen LogP contribution in [0.1, 0.15) is 5.56 Å². The normalized spacial score (nSPS) is 14.0. The molecule has 0 saturated carbocycles. The molecule has 5 rings (SSSR count). The standard InChI is InChI=1S/C23H14N2O3S/c24-13-16(11-15-9-10-19-20(12-15)28-14-27-19)23(26)25-17-5-1-3-7-21(17)29-22-8-4-2-6-18(22)25/h1-12H,14H2. The monoisotopic (exact) mass is 398 g/mol. The van der Waals surface area contributed by atoms with Gasteiger partial charge in [0.15, 0.2) is 11.5 Å². The summed E-state index contributed by atoms with van der Waals surface area (Å²) in [5.74, 6) is 0.891. The van der Waals surface area contributed by atoms with Gasteiger partial charge >= 0.3 is 0 Å². The van der Waals surface area contributed by atoms with Gasteiger partial charge in [0.25, 0.3) is 5.91 Å². The van der Waals surface area contributed by atoms with Gasteiger partial charge in [-0.2, -0.15) is 5.26 Å². The minimum atomic E-state index is -0.370. The number of nitrogens with zero attached hydrogens (tertiary/aromatic N) is 2. The second-order valence-corrected chi connectivity index (χ2v) is 7.54. The van der Waals surface area contributed by atoms with Crippen molar-refractivity contribution < 1.29 is 14.3 Å². The lowest BCUT2D eigenvalue weighted by Crippen LogP contribution is -2.29. The molecule has 5 nitrogen and oxygen atoms in total. The first-order chi connectivity index (χ1) is 14.2. The largest absolute Gasteiger partial charge is 0.454 e. The van der Waals surface area contributed by atoms with Crippen LogP contribution in [0.25, 0.3) is 6.08 Å². The van der Waals surface area contributed by atoms with Gasteiger partial charge in [0.1, 0.15) is 11.6 Å². The van der Waals surface area contributed by atoms with Crippen LogP contribution >= 0.6 is 11.8 Å². The van der Waals surface area contributed by atoms with E-state index in [-0.39, 0.29) is 18.3 Å². The minimum Gasteiger partial charge on any atom is -0.454 e. The Hall–Kier alpha value is -3.69. The predicted molar refractivity (Wildman–Crippen MR) is 110 cm³/mol. The second kappa shape index (κ2) is 7.04. The number of carbonyl (C=O) groups is 1. The zero-order valence-electron chi connectivity index (χ0n) is 15.2. The van der Waals surface area contributed by atoms with Crippen LogP contribution < -0.4 is 14.4 Å². The van der Waals surface area contributed by atoms with Gasteiger partial charge in [-0.3, -0.25) is 9.69 Å². The topological polar surface area (TPSA) is 62.6 Å². The Morgan fingerprint density at radius 2 is 1.62 bits per heavy atom. The van der Waals surface area contributed by atoms with Gasteiger partial charge in [-0.05, 0) is 48.0 Å². The molecule has 2 aliphatic heterocycles. The summed E-state index contributed by atoms with van der Waals surface area (Å²) >= 11 is 1.61. The number of ether oxygens (including phenoxy) is 2. The first-order valence-corrected chi connectivity index (χ1v) is 9.78. The first kappa shape index (κ1) is 17.4. The van der Waals surface area contributed by atoms with E-state index < -0.39 is 0 Å². The Morgan fingerprint density at radius 1 is 0.966 bits per heavy atom. The average Bonchev–Trinajstić information content (AvgIpc) is 3.23. The van der Waals surface area contributed by atoms with E-state index in [2.05, 4.69) is 6.07 Å². The maximum absolute atomic E-state index is 13.5. The van der Waals surface area contributed by atoms with E-state index in [9.17, 15) is 10.1 Å². The van der Waals surface area contributed by atoms with Crippen LogP contribution in [0.15, 0.2) is 82.1 Å². The number of amides is 1. The molecule has 2 heterocycles. The first-order valence-electron chi connectivity index (χ1n) is 8.96. The molecule has 0 radical (unpaired) electrons. The van der Waals surface area contributed by atoms with Crippen molar-refractivity contribution >= 4 is 35.1 Å². The number of benzene rings is 3. The van der Waals surface area contributed by atoms with E-state index in [1.807, 2.05) is 48.5 Å². The molecular weight excluding hydrogens is 384 g/mol. The van der Waals surface area contributed by atoms with Gasteiger partial charge in [0.2, 0.25) is 6.79 Å². The molecule has 0 fully saturated rings. The number of anilines is 2. The molecule has 0 saturated heterocycles. The average molecular weight is 398 g/mol. The summed E-state index contributed by atoms with van der Waals surface area (Å²) in [5, 5.41) is 9.75. The molecule has 0 aliphatic carbocycles. The number of carbonyl (C=O) groups excluding carboxylic acids is 1. The van der Waals surface area contributed by atoms with E-state index in [0.29, 0.717) is 17.1 Å². The molecular formula is C23H14N2O3S. The van der Waals surface area contributed by atoms with E-state index in [1.165, 1.54) is 0 Å². The number of para-hydroxylation sites is 2. The Balaban J connectivity index is 1.58. The van der Waals surface area contributed by atoms with E-state index in [0.717, 1.165) is 21.2 Å². The SMILES string of the molecule is N#CC(=Cc1ccc2c(c1)OCO2)C(=O)N1c2ccccc2Sc2ccccc21. The quantitative estimate of drug-likeness (QED) is 0.441. The van der Waals surface area contributed by atoms with Gasteiger partial charge in [0.05, 0.1) is 11.4 Å². The predicted octanol–water partition coefficient (Wildman–Crippen LogP) is 5.15. The lowest BCUT2D eigenvalue weighted by atomic mass is 10.1. The molecule has 0 unspecified atom stereocenters. The molecule has 3 aromatic rings. The molecule has 3 aromatic carbocycles. The molecule has 1 amide bonds. The van der Waals surface area contributed by atoms with Gasteiger partial charge in [-0.15, -0.1) is 0 Å². The van der Waals surface area contributed by atoms with Crippen molar-refractivity contribution in [3.8, 4) is 17.6 Å². The van der Waals surface area contributed by atoms with Crippen molar-refractivity contribution in [2.75, 3.05) is 11.7 Å². The van der Waals surface area contributed by atoms with Crippen molar-refractivity contribution in [2.24, 2.45) is 0 Å². The highest BCUT2D eigenvalue weighted by molar-refractivity contribution is 7.99. The lowest BCUT2D eigenvalue weighted by molar-refractivity contribution is -0.114. The zero-order chi connectivity index (χ0) is 19.8. The Morgan fingerprint density at radius 3 is 2.31 bits per heavy atom. The van der Waals surface area contributed by atoms with Crippen molar-refractivity contribution in [1.29, 1.82) is 5.26 Å². The van der Waals surface area contributed by atoms with Crippen LogP contribution in [-0.2, 0) is 4.79 Å². The van der Waals surface area contributed by atoms with E-state index in [1.54, 1.807) is 40.9 Å². The molecule has 29 heavy (non-hydrogen) atoms. The molecule has 2 aliphatic rings. The maximum atomic E-state index is 13.5. The smallest absolute Gasteiger partial charge is 0.273 e. The maximum Gasteiger partial charge on any atom is 0.273 e. The second-order valence-electron chi connectivity index (χ2n) is 6.46. The summed E-state index contributed by atoms with van der Waals surface area (Å²) in [6.45, 7) is 0.172. The van der Waals surface area contributed by atoms with Crippen LogP contribution in [0.2, 0.25) is 0 Å². The highest BCUT2D eigenvalue weighted by Gasteiger charge is 2.30. The Bertz CT molecular complexity index is 1170. The highest BCUT2D eigenvalue weighted by Crippen LogP contribution is 2.48. The van der Waals surface area contributed by atoms with Crippen molar-refractivity contribution in [2.45, 2.75) is 9.79 Å². The number of rotatable bonds is 2. The van der Waals surface area contributed by atoms with Gasteiger partial charge < -0.3 is 9.47 Å². The zero-order valence-corrected chi connectivity index (χ0v) is 16.0. The van der Waals surface area contributed by atoms with Crippen LogP contribution in [0, 0.1) is 11.3 Å². The Labute approximate surface area is 171 Å². The number of fused-ring (bicyclic) bond motifs is 3. The third-order valence-corrected chi connectivity index (χ3v) is 5.82. The number of hydrogen-bond acceptors (Lipinski definition) is 5. The summed E-state index contributed by atoms with van der Waals surface area (Å²) in [6.07, 6.45) is 1.58. The molecule has 0 atom stereocenters. The number of hydrogen-bond donors (Lipinski definition) is 0. The summed E-state index contributed by atoms with van der Waals surface area (Å²) in [7, 11) is 0. The Kier molecular flexibility index (Phi) is 4.23. The van der Waals surface area contributed by atoms with Gasteiger partial charge in [-0.25, -0.2) is 0 Å². The fourth-order valence-electron chi connectivity index (χ4n) is 3.36. The highest BCUT2D eigenvalue weighted by atomic mass is 32.2. The fraction of sp³-hybridized carbons (Fsp3) is 0.0435. The minimum absolute atomic E-state index is 0.0420.